The van der Waals surface area contributed by atoms with Crippen molar-refractivity contribution in [2.24, 2.45) is 0 Å². The molecule has 1 fully saturated rings. The number of carbonyl (C=O) groups excluding carboxylic acids is 1. The summed E-state index contributed by atoms with van der Waals surface area (Å²) < 4.78 is 10.7. The Kier molecular flexibility index (Phi) is 6.36. The Bertz CT molecular complexity index is 516. The zero-order valence-electron chi connectivity index (χ0n) is 14.4. The summed E-state index contributed by atoms with van der Waals surface area (Å²) in [7, 11) is 0. The maximum absolute atomic E-state index is 12.2. The number of nitrogens with zero attached hydrogens (tertiary/aromatic N) is 2. The standard InChI is InChI=1S/C17H27N3O3/c1-12(2)23-17(21)15-6-5-7-18-16(15)19-13(3)14(4)20-8-10-22-11-9-20/h5-7,12-14H,8-11H2,1-4H3,(H,18,19). The smallest absolute Gasteiger partial charge is 0.342 e. The predicted molar refractivity (Wildman–Crippen MR) is 89.7 cm³/mol. The van der Waals surface area contributed by atoms with Gasteiger partial charge in [-0.25, -0.2) is 9.78 Å². The molecule has 128 valence electrons. The minimum absolute atomic E-state index is 0.147. The molecule has 1 saturated heterocycles. The van der Waals surface area contributed by atoms with Gasteiger partial charge in [0, 0.05) is 31.4 Å². The van der Waals surface area contributed by atoms with Crippen molar-refractivity contribution in [1.29, 1.82) is 0 Å². The quantitative estimate of drug-likeness (QED) is 0.810. The van der Waals surface area contributed by atoms with Crippen molar-refractivity contribution in [1.82, 2.24) is 9.88 Å². The molecule has 0 saturated carbocycles. The van der Waals surface area contributed by atoms with E-state index in [1.807, 2.05) is 13.8 Å². The summed E-state index contributed by atoms with van der Waals surface area (Å²) in [5, 5.41) is 3.37. The summed E-state index contributed by atoms with van der Waals surface area (Å²) >= 11 is 0. The van der Waals surface area contributed by atoms with Gasteiger partial charge in [-0.15, -0.1) is 0 Å². The van der Waals surface area contributed by atoms with E-state index in [1.165, 1.54) is 0 Å². The Balaban J connectivity index is 2.05. The van der Waals surface area contributed by atoms with Crippen LogP contribution in [0.5, 0.6) is 0 Å². The fourth-order valence-electron chi connectivity index (χ4n) is 2.60. The monoisotopic (exact) mass is 321 g/mol. The number of carbonyl (C=O) groups is 1. The van der Waals surface area contributed by atoms with Crippen molar-refractivity contribution in [2.75, 3.05) is 31.6 Å². The van der Waals surface area contributed by atoms with E-state index in [-0.39, 0.29) is 18.1 Å². The van der Waals surface area contributed by atoms with Crippen LogP contribution in [-0.2, 0) is 9.47 Å². The Morgan fingerprint density at radius 1 is 1.30 bits per heavy atom. The zero-order chi connectivity index (χ0) is 16.8. The molecule has 0 bridgehead atoms. The summed E-state index contributed by atoms with van der Waals surface area (Å²) in [4.78, 5) is 18.9. The Hall–Kier alpha value is -1.66. The van der Waals surface area contributed by atoms with E-state index in [1.54, 1.807) is 18.3 Å². The molecule has 0 radical (unpaired) electrons. The van der Waals surface area contributed by atoms with Crippen molar-refractivity contribution < 1.29 is 14.3 Å². The van der Waals surface area contributed by atoms with E-state index < -0.39 is 0 Å². The van der Waals surface area contributed by atoms with E-state index in [9.17, 15) is 4.79 Å². The van der Waals surface area contributed by atoms with Gasteiger partial charge in [0.15, 0.2) is 0 Å². The van der Waals surface area contributed by atoms with Crippen LogP contribution in [0.15, 0.2) is 18.3 Å². The van der Waals surface area contributed by atoms with Gasteiger partial charge in [0.25, 0.3) is 0 Å². The molecule has 1 aromatic rings. The molecule has 2 unspecified atom stereocenters. The van der Waals surface area contributed by atoms with Gasteiger partial charge < -0.3 is 14.8 Å². The maximum atomic E-state index is 12.2. The Morgan fingerprint density at radius 3 is 2.65 bits per heavy atom. The van der Waals surface area contributed by atoms with Crippen LogP contribution in [0.25, 0.3) is 0 Å². The highest BCUT2D eigenvalue weighted by molar-refractivity contribution is 5.94. The van der Waals surface area contributed by atoms with E-state index >= 15 is 0 Å². The Morgan fingerprint density at radius 2 is 2.00 bits per heavy atom. The first-order valence-corrected chi connectivity index (χ1v) is 8.23. The third-order valence-electron chi connectivity index (χ3n) is 4.08. The first-order valence-electron chi connectivity index (χ1n) is 8.23. The second kappa shape index (κ2) is 8.26. The third-order valence-corrected chi connectivity index (χ3v) is 4.08. The van der Waals surface area contributed by atoms with Crippen molar-refractivity contribution >= 4 is 11.8 Å². The molecule has 0 aliphatic carbocycles. The minimum Gasteiger partial charge on any atom is -0.459 e. The predicted octanol–water partition coefficient (Wildman–Crippen LogP) is 2.17. The number of rotatable bonds is 6. The molecule has 2 rings (SSSR count). The molecule has 2 atom stereocenters. The van der Waals surface area contributed by atoms with Crippen LogP contribution in [0.2, 0.25) is 0 Å². The summed E-state index contributed by atoms with van der Waals surface area (Å²) in [6.07, 6.45) is 1.53. The number of hydrogen-bond donors (Lipinski definition) is 1. The number of anilines is 1. The molecular weight excluding hydrogens is 294 g/mol. The van der Waals surface area contributed by atoms with Crippen LogP contribution in [-0.4, -0.2) is 60.3 Å². The molecule has 1 aliphatic rings. The molecule has 1 aromatic heterocycles. The van der Waals surface area contributed by atoms with Gasteiger partial charge >= 0.3 is 5.97 Å². The van der Waals surface area contributed by atoms with Crippen molar-refractivity contribution in [2.45, 2.75) is 45.9 Å². The first kappa shape index (κ1) is 17.7. The molecule has 23 heavy (non-hydrogen) atoms. The molecule has 2 heterocycles. The SMILES string of the molecule is CC(C)OC(=O)c1cccnc1NC(C)C(C)N1CCOCC1. The minimum atomic E-state index is -0.346. The number of esters is 1. The molecule has 6 nitrogen and oxygen atoms in total. The zero-order valence-corrected chi connectivity index (χ0v) is 14.4. The van der Waals surface area contributed by atoms with Crippen LogP contribution < -0.4 is 5.32 Å². The second-order valence-corrected chi connectivity index (χ2v) is 6.18. The van der Waals surface area contributed by atoms with E-state index in [4.69, 9.17) is 9.47 Å². The van der Waals surface area contributed by atoms with Gasteiger partial charge in [-0.1, -0.05) is 0 Å². The molecular formula is C17H27N3O3. The normalized spacial score (nSPS) is 18.5. The van der Waals surface area contributed by atoms with E-state index in [0.717, 1.165) is 26.3 Å². The fourth-order valence-corrected chi connectivity index (χ4v) is 2.60. The highest BCUT2D eigenvalue weighted by Crippen LogP contribution is 2.17. The molecule has 1 N–H and O–H groups in total. The van der Waals surface area contributed by atoms with E-state index in [0.29, 0.717) is 17.4 Å². The second-order valence-electron chi connectivity index (χ2n) is 6.18. The first-order chi connectivity index (χ1) is 11.0. The van der Waals surface area contributed by atoms with Gasteiger partial charge in [-0.3, -0.25) is 4.90 Å². The van der Waals surface area contributed by atoms with Crippen LogP contribution in [0.1, 0.15) is 38.1 Å². The van der Waals surface area contributed by atoms with Gasteiger partial charge in [0.05, 0.1) is 19.3 Å². The van der Waals surface area contributed by atoms with Crippen LogP contribution in [0.3, 0.4) is 0 Å². The van der Waals surface area contributed by atoms with Crippen LogP contribution in [0, 0.1) is 0 Å². The van der Waals surface area contributed by atoms with Gasteiger partial charge in [0.2, 0.25) is 0 Å². The van der Waals surface area contributed by atoms with Crippen LogP contribution in [0.4, 0.5) is 5.82 Å². The summed E-state index contributed by atoms with van der Waals surface area (Å²) in [5.41, 5.74) is 0.474. The average molecular weight is 321 g/mol. The number of nitrogens with one attached hydrogen (secondary N) is 1. The van der Waals surface area contributed by atoms with E-state index in [2.05, 4.69) is 29.0 Å². The van der Waals surface area contributed by atoms with Crippen LogP contribution >= 0.6 is 0 Å². The van der Waals surface area contributed by atoms with Crippen molar-refractivity contribution in [3.63, 3.8) is 0 Å². The third kappa shape index (κ3) is 4.91. The lowest BCUT2D eigenvalue weighted by molar-refractivity contribution is 0.0175. The summed E-state index contributed by atoms with van der Waals surface area (Å²) in [5.74, 6) is 0.229. The highest BCUT2D eigenvalue weighted by atomic mass is 16.5. The number of hydrogen-bond acceptors (Lipinski definition) is 6. The average Bonchev–Trinajstić information content (AvgIpc) is 2.54. The summed E-state index contributed by atoms with van der Waals surface area (Å²) in [6, 6.07) is 3.95. The van der Waals surface area contributed by atoms with Gasteiger partial charge in [-0.2, -0.15) is 0 Å². The molecule has 6 heteroatoms. The lowest BCUT2D eigenvalue weighted by atomic mass is 10.1. The number of pyridine rings is 1. The topological polar surface area (TPSA) is 63.7 Å². The largest absolute Gasteiger partial charge is 0.459 e. The van der Waals surface area contributed by atoms with Gasteiger partial charge in [-0.05, 0) is 39.8 Å². The molecule has 0 spiro atoms. The molecule has 0 aromatic carbocycles. The lowest BCUT2D eigenvalue weighted by Crippen LogP contribution is -2.49. The Labute approximate surface area is 138 Å². The summed E-state index contributed by atoms with van der Waals surface area (Å²) in [6.45, 7) is 11.4. The maximum Gasteiger partial charge on any atom is 0.342 e. The van der Waals surface area contributed by atoms with Crippen molar-refractivity contribution in [3.8, 4) is 0 Å². The molecule has 1 aliphatic heterocycles. The number of morpholine rings is 1. The molecule has 0 amide bonds. The lowest BCUT2D eigenvalue weighted by Gasteiger charge is -2.36. The number of aromatic nitrogens is 1. The van der Waals surface area contributed by atoms with Gasteiger partial charge in [0.1, 0.15) is 11.4 Å². The highest BCUT2D eigenvalue weighted by Gasteiger charge is 2.24. The number of ether oxygens (including phenoxy) is 2. The fraction of sp³-hybridized carbons (Fsp3) is 0.647. The van der Waals surface area contributed by atoms with Crippen molar-refractivity contribution in [3.05, 3.63) is 23.9 Å².